The zero-order valence-corrected chi connectivity index (χ0v) is 14.5. The Hall–Kier alpha value is -1.55. The van der Waals surface area contributed by atoms with Gasteiger partial charge in [0.05, 0.1) is 5.56 Å². The molecule has 1 fully saturated rings. The standard InChI is InChI=1S/C18H29N3O/c1-6-15-13-20(11-12-21(15)14(2)3)18(22)16-9-7-8-10-17(16)19(4)5/h7-10,14-15H,6,11-13H2,1-5H3/t15-/m0/s1. The molecule has 0 bridgehead atoms. The van der Waals surface area contributed by atoms with Crippen LogP contribution in [0.5, 0.6) is 0 Å². The van der Waals surface area contributed by atoms with Gasteiger partial charge in [-0.15, -0.1) is 0 Å². The monoisotopic (exact) mass is 303 g/mol. The van der Waals surface area contributed by atoms with Crippen LogP contribution in [0.4, 0.5) is 5.69 Å². The van der Waals surface area contributed by atoms with Crippen LogP contribution < -0.4 is 4.90 Å². The predicted molar refractivity (Wildman–Crippen MR) is 92.6 cm³/mol. The van der Waals surface area contributed by atoms with E-state index >= 15 is 0 Å². The number of piperazine rings is 1. The van der Waals surface area contributed by atoms with E-state index in [1.165, 1.54) is 0 Å². The maximum Gasteiger partial charge on any atom is 0.256 e. The fourth-order valence-electron chi connectivity index (χ4n) is 3.31. The molecule has 1 atom stereocenters. The van der Waals surface area contributed by atoms with E-state index in [1.807, 2.05) is 48.2 Å². The van der Waals surface area contributed by atoms with Crippen LogP contribution in [0.25, 0.3) is 0 Å². The SMILES string of the molecule is CC[C@H]1CN(C(=O)c2ccccc2N(C)C)CCN1C(C)C. The fraction of sp³-hybridized carbons (Fsp3) is 0.611. The third kappa shape index (κ3) is 3.43. The van der Waals surface area contributed by atoms with Gasteiger partial charge in [0.1, 0.15) is 0 Å². The summed E-state index contributed by atoms with van der Waals surface area (Å²) in [6.45, 7) is 9.29. The molecule has 2 rings (SSSR count). The van der Waals surface area contributed by atoms with Crippen LogP contribution in [0.3, 0.4) is 0 Å². The van der Waals surface area contributed by atoms with Gasteiger partial charge in [-0.3, -0.25) is 9.69 Å². The van der Waals surface area contributed by atoms with E-state index in [0.29, 0.717) is 12.1 Å². The van der Waals surface area contributed by atoms with Crippen LogP contribution in [0.15, 0.2) is 24.3 Å². The molecule has 0 unspecified atom stereocenters. The second-order valence-corrected chi connectivity index (χ2v) is 6.56. The van der Waals surface area contributed by atoms with Gasteiger partial charge in [-0.2, -0.15) is 0 Å². The first-order valence-corrected chi connectivity index (χ1v) is 8.27. The van der Waals surface area contributed by atoms with E-state index in [9.17, 15) is 4.79 Å². The Kier molecular flexibility index (Phi) is 5.46. The molecule has 122 valence electrons. The summed E-state index contributed by atoms with van der Waals surface area (Å²) >= 11 is 0. The van der Waals surface area contributed by atoms with E-state index in [0.717, 1.165) is 37.3 Å². The van der Waals surface area contributed by atoms with Crippen molar-refractivity contribution >= 4 is 11.6 Å². The van der Waals surface area contributed by atoms with Crippen LogP contribution in [0.1, 0.15) is 37.6 Å². The van der Waals surface area contributed by atoms with E-state index in [4.69, 9.17) is 0 Å². The number of carbonyl (C=O) groups excluding carboxylic acids is 1. The van der Waals surface area contributed by atoms with Crippen molar-refractivity contribution in [1.29, 1.82) is 0 Å². The zero-order valence-electron chi connectivity index (χ0n) is 14.5. The minimum Gasteiger partial charge on any atom is -0.377 e. The number of anilines is 1. The summed E-state index contributed by atoms with van der Waals surface area (Å²) in [5.41, 5.74) is 1.80. The second-order valence-electron chi connectivity index (χ2n) is 6.56. The average molecular weight is 303 g/mol. The molecule has 1 aromatic carbocycles. The van der Waals surface area contributed by atoms with Gasteiger partial charge in [-0.1, -0.05) is 19.1 Å². The molecule has 4 heteroatoms. The van der Waals surface area contributed by atoms with Crippen molar-refractivity contribution in [2.45, 2.75) is 39.3 Å². The number of nitrogens with zero attached hydrogens (tertiary/aromatic N) is 3. The Morgan fingerprint density at radius 3 is 2.55 bits per heavy atom. The van der Waals surface area contributed by atoms with Crippen molar-refractivity contribution in [2.24, 2.45) is 0 Å². The average Bonchev–Trinajstić information content (AvgIpc) is 2.53. The molecule has 0 saturated carbocycles. The lowest BCUT2D eigenvalue weighted by molar-refractivity contribution is 0.0372. The lowest BCUT2D eigenvalue weighted by Crippen LogP contribution is -2.56. The highest BCUT2D eigenvalue weighted by Crippen LogP contribution is 2.23. The minimum absolute atomic E-state index is 0.158. The molecule has 0 spiro atoms. The summed E-state index contributed by atoms with van der Waals surface area (Å²) in [6.07, 6.45) is 1.08. The number of hydrogen-bond acceptors (Lipinski definition) is 3. The van der Waals surface area contributed by atoms with Gasteiger partial charge < -0.3 is 9.80 Å². The molecule has 1 aromatic rings. The molecule has 0 aromatic heterocycles. The van der Waals surface area contributed by atoms with E-state index < -0.39 is 0 Å². The van der Waals surface area contributed by atoms with Gasteiger partial charge in [0.2, 0.25) is 0 Å². The quantitative estimate of drug-likeness (QED) is 0.855. The van der Waals surface area contributed by atoms with Crippen molar-refractivity contribution < 1.29 is 4.79 Å². The zero-order chi connectivity index (χ0) is 16.3. The highest BCUT2D eigenvalue weighted by molar-refractivity contribution is 5.99. The van der Waals surface area contributed by atoms with Crippen LogP contribution >= 0.6 is 0 Å². The van der Waals surface area contributed by atoms with E-state index in [2.05, 4.69) is 25.7 Å². The fourth-order valence-corrected chi connectivity index (χ4v) is 3.31. The molecule has 1 saturated heterocycles. The number of rotatable bonds is 4. The smallest absolute Gasteiger partial charge is 0.256 e. The second kappa shape index (κ2) is 7.14. The van der Waals surface area contributed by atoms with Crippen LogP contribution in [-0.2, 0) is 0 Å². The summed E-state index contributed by atoms with van der Waals surface area (Å²) in [6, 6.07) is 8.88. The molecular weight excluding hydrogens is 274 g/mol. The third-order valence-electron chi connectivity index (χ3n) is 4.57. The first-order chi connectivity index (χ1) is 10.5. The maximum atomic E-state index is 12.9. The highest BCUT2D eigenvalue weighted by atomic mass is 16.2. The molecule has 0 aliphatic carbocycles. The largest absolute Gasteiger partial charge is 0.377 e. The molecule has 1 aliphatic rings. The van der Waals surface area contributed by atoms with Crippen molar-refractivity contribution in [2.75, 3.05) is 38.6 Å². The maximum absolute atomic E-state index is 12.9. The lowest BCUT2D eigenvalue weighted by Gasteiger charge is -2.43. The Morgan fingerprint density at radius 1 is 1.27 bits per heavy atom. The normalized spacial score (nSPS) is 19.5. The molecule has 22 heavy (non-hydrogen) atoms. The van der Waals surface area contributed by atoms with E-state index in [1.54, 1.807) is 0 Å². The summed E-state index contributed by atoms with van der Waals surface area (Å²) in [7, 11) is 3.97. The summed E-state index contributed by atoms with van der Waals surface area (Å²) in [5.74, 6) is 0.158. The first kappa shape index (κ1) is 16.8. The van der Waals surface area contributed by atoms with Crippen LogP contribution in [-0.4, -0.2) is 61.5 Å². The van der Waals surface area contributed by atoms with Crippen molar-refractivity contribution in [3.05, 3.63) is 29.8 Å². The molecule has 0 radical (unpaired) electrons. The van der Waals surface area contributed by atoms with Gasteiger partial charge in [-0.05, 0) is 32.4 Å². The predicted octanol–water partition coefficient (Wildman–Crippen LogP) is 2.70. The van der Waals surface area contributed by atoms with Crippen LogP contribution in [0.2, 0.25) is 0 Å². The number of amides is 1. The number of carbonyl (C=O) groups is 1. The molecule has 1 aliphatic heterocycles. The van der Waals surface area contributed by atoms with Crippen molar-refractivity contribution in [3.8, 4) is 0 Å². The summed E-state index contributed by atoms with van der Waals surface area (Å²) < 4.78 is 0. The van der Waals surface area contributed by atoms with Gasteiger partial charge in [-0.25, -0.2) is 0 Å². The Balaban J connectivity index is 2.18. The first-order valence-electron chi connectivity index (χ1n) is 8.27. The molecular formula is C18H29N3O. The Morgan fingerprint density at radius 2 is 1.95 bits per heavy atom. The third-order valence-corrected chi connectivity index (χ3v) is 4.57. The van der Waals surface area contributed by atoms with Gasteiger partial charge in [0.15, 0.2) is 0 Å². The topological polar surface area (TPSA) is 26.8 Å². The number of hydrogen-bond donors (Lipinski definition) is 0. The van der Waals surface area contributed by atoms with Crippen LogP contribution in [0, 0.1) is 0 Å². The molecule has 1 amide bonds. The van der Waals surface area contributed by atoms with Crippen molar-refractivity contribution in [3.63, 3.8) is 0 Å². The van der Waals surface area contributed by atoms with Gasteiger partial charge in [0, 0.05) is 51.5 Å². The molecule has 0 N–H and O–H groups in total. The lowest BCUT2D eigenvalue weighted by atomic mass is 10.0. The summed E-state index contributed by atoms with van der Waals surface area (Å²) in [4.78, 5) is 19.5. The number of para-hydroxylation sites is 1. The van der Waals surface area contributed by atoms with Gasteiger partial charge >= 0.3 is 0 Å². The Labute approximate surface area is 134 Å². The van der Waals surface area contributed by atoms with E-state index in [-0.39, 0.29) is 5.91 Å². The van der Waals surface area contributed by atoms with Crippen molar-refractivity contribution in [1.82, 2.24) is 9.80 Å². The highest BCUT2D eigenvalue weighted by Gasteiger charge is 2.30. The minimum atomic E-state index is 0.158. The van der Waals surface area contributed by atoms with Gasteiger partial charge in [0.25, 0.3) is 5.91 Å². The molecule has 4 nitrogen and oxygen atoms in total. The molecule has 1 heterocycles. The Bertz CT molecular complexity index is 513. The summed E-state index contributed by atoms with van der Waals surface area (Å²) in [5, 5.41) is 0. The number of benzene rings is 1.